The van der Waals surface area contributed by atoms with Crippen LogP contribution in [-0.2, 0) is 14.4 Å². The van der Waals surface area contributed by atoms with Crippen molar-refractivity contribution in [1.29, 1.82) is 0 Å². The highest BCUT2D eigenvalue weighted by atomic mass is 16.6. The molecule has 3 rings (SSSR count). The van der Waals surface area contributed by atoms with Crippen molar-refractivity contribution in [3.05, 3.63) is 35.9 Å². The minimum Gasteiger partial charge on any atom is -0.492 e. The second-order valence-corrected chi connectivity index (χ2v) is 6.52. The number of benzene rings is 3. The summed E-state index contributed by atoms with van der Waals surface area (Å²) in [4.78, 5) is 34.6. The second-order valence-electron chi connectivity index (χ2n) is 6.52. The molecule has 0 fully saturated rings. The van der Waals surface area contributed by atoms with E-state index in [0.29, 0.717) is 22.3 Å². The molecular formula is C22H20O7. The summed E-state index contributed by atoms with van der Waals surface area (Å²) in [5, 5.41) is 2.81. The predicted octanol–water partition coefficient (Wildman–Crippen LogP) is 4.09. The topological polar surface area (TPSA) is 88.1 Å². The van der Waals surface area contributed by atoms with Gasteiger partial charge in [-0.05, 0) is 47.5 Å². The van der Waals surface area contributed by atoms with Crippen LogP contribution in [0.2, 0.25) is 0 Å². The third-order valence-electron chi connectivity index (χ3n) is 4.23. The molecule has 0 bridgehead atoms. The van der Waals surface area contributed by atoms with Crippen molar-refractivity contribution in [3.8, 4) is 23.0 Å². The predicted molar refractivity (Wildman–Crippen MR) is 107 cm³/mol. The van der Waals surface area contributed by atoms with Gasteiger partial charge in [-0.15, -0.1) is 0 Å². The molecule has 0 saturated carbocycles. The molecule has 3 aromatic carbocycles. The number of hydrogen-bond donors (Lipinski definition) is 0. The summed E-state index contributed by atoms with van der Waals surface area (Å²) in [6, 6.07) is 8.86. The Labute approximate surface area is 167 Å². The number of carbonyl (C=O) groups is 3. The molecule has 3 aromatic rings. The molecule has 0 unspecified atom stereocenters. The van der Waals surface area contributed by atoms with Crippen LogP contribution in [0.25, 0.3) is 21.5 Å². The van der Waals surface area contributed by atoms with Gasteiger partial charge in [0.25, 0.3) is 0 Å². The molecule has 0 aromatic heterocycles. The van der Waals surface area contributed by atoms with Crippen molar-refractivity contribution in [2.45, 2.75) is 27.7 Å². The van der Waals surface area contributed by atoms with Gasteiger partial charge in [0.05, 0.1) is 7.11 Å². The lowest BCUT2D eigenvalue weighted by Crippen LogP contribution is -2.07. The summed E-state index contributed by atoms with van der Waals surface area (Å²) in [5.74, 6) is -0.606. The van der Waals surface area contributed by atoms with E-state index in [2.05, 4.69) is 0 Å². The quantitative estimate of drug-likeness (QED) is 0.373. The molecule has 7 nitrogen and oxygen atoms in total. The first-order valence-corrected chi connectivity index (χ1v) is 8.84. The van der Waals surface area contributed by atoms with Gasteiger partial charge in [0.1, 0.15) is 0 Å². The monoisotopic (exact) mass is 396 g/mol. The zero-order valence-electron chi connectivity index (χ0n) is 16.7. The zero-order valence-corrected chi connectivity index (χ0v) is 16.7. The van der Waals surface area contributed by atoms with Crippen molar-refractivity contribution < 1.29 is 33.3 Å². The lowest BCUT2D eigenvalue weighted by molar-refractivity contribution is -0.134. The highest BCUT2D eigenvalue weighted by Crippen LogP contribution is 2.44. The number of esters is 3. The fraction of sp³-hybridized carbons (Fsp3) is 0.227. The Morgan fingerprint density at radius 2 is 1.28 bits per heavy atom. The minimum atomic E-state index is -0.553. The lowest BCUT2D eigenvalue weighted by Gasteiger charge is -2.16. The van der Waals surface area contributed by atoms with Gasteiger partial charge >= 0.3 is 17.9 Å². The lowest BCUT2D eigenvalue weighted by atomic mass is 9.99. The fourth-order valence-corrected chi connectivity index (χ4v) is 3.22. The van der Waals surface area contributed by atoms with Gasteiger partial charge in [-0.2, -0.15) is 0 Å². The Morgan fingerprint density at radius 1 is 0.690 bits per heavy atom. The largest absolute Gasteiger partial charge is 0.492 e. The Bertz CT molecular complexity index is 1160. The SMILES string of the molecule is COc1c(OC(C)=O)c(C)cc2cc3ccc(OC(C)=O)c(OC(C)=O)c3cc12. The maximum atomic E-state index is 11.7. The third kappa shape index (κ3) is 3.99. The van der Waals surface area contributed by atoms with E-state index in [0.717, 1.165) is 16.3 Å². The Balaban J connectivity index is 2.38. The molecule has 0 atom stereocenters. The molecule has 0 heterocycles. The summed E-state index contributed by atoms with van der Waals surface area (Å²) in [6.07, 6.45) is 0. The molecule has 29 heavy (non-hydrogen) atoms. The number of aryl methyl sites for hydroxylation is 1. The Morgan fingerprint density at radius 3 is 1.86 bits per heavy atom. The van der Waals surface area contributed by atoms with Crippen molar-refractivity contribution in [2.24, 2.45) is 0 Å². The van der Waals surface area contributed by atoms with Crippen molar-refractivity contribution in [2.75, 3.05) is 7.11 Å². The molecule has 0 aliphatic rings. The van der Waals surface area contributed by atoms with E-state index >= 15 is 0 Å². The van der Waals surface area contributed by atoms with Gasteiger partial charge in [0.15, 0.2) is 23.0 Å². The molecule has 150 valence electrons. The summed E-state index contributed by atoms with van der Waals surface area (Å²) in [6.45, 7) is 5.66. The number of hydrogen-bond acceptors (Lipinski definition) is 7. The van der Waals surface area contributed by atoms with Crippen molar-refractivity contribution in [1.82, 2.24) is 0 Å². The van der Waals surface area contributed by atoms with Gasteiger partial charge in [-0.3, -0.25) is 14.4 Å². The van der Waals surface area contributed by atoms with E-state index in [4.69, 9.17) is 18.9 Å². The molecular weight excluding hydrogens is 376 g/mol. The molecule has 0 N–H and O–H groups in total. The molecule has 0 spiro atoms. The van der Waals surface area contributed by atoms with E-state index in [-0.39, 0.29) is 11.5 Å². The summed E-state index contributed by atoms with van der Waals surface area (Å²) in [7, 11) is 1.48. The van der Waals surface area contributed by atoms with Gasteiger partial charge in [0.2, 0.25) is 0 Å². The number of methoxy groups -OCH3 is 1. The van der Waals surface area contributed by atoms with E-state index in [1.54, 1.807) is 18.2 Å². The highest BCUT2D eigenvalue weighted by molar-refractivity contribution is 6.06. The molecule has 0 radical (unpaired) electrons. The zero-order chi connectivity index (χ0) is 21.3. The first-order chi connectivity index (χ1) is 13.7. The normalized spacial score (nSPS) is 10.7. The van der Waals surface area contributed by atoms with E-state index < -0.39 is 17.9 Å². The van der Waals surface area contributed by atoms with E-state index in [1.165, 1.54) is 27.9 Å². The van der Waals surface area contributed by atoms with Gasteiger partial charge in [0, 0.05) is 31.5 Å². The van der Waals surface area contributed by atoms with Crippen LogP contribution in [0.1, 0.15) is 26.3 Å². The van der Waals surface area contributed by atoms with Crippen LogP contribution in [0, 0.1) is 6.92 Å². The van der Waals surface area contributed by atoms with Crippen LogP contribution in [0.15, 0.2) is 30.3 Å². The molecule has 0 amide bonds. The molecule has 0 saturated heterocycles. The van der Waals surface area contributed by atoms with Gasteiger partial charge < -0.3 is 18.9 Å². The van der Waals surface area contributed by atoms with Crippen LogP contribution in [0.4, 0.5) is 0 Å². The summed E-state index contributed by atoms with van der Waals surface area (Å²) < 4.78 is 21.4. The molecule has 7 heteroatoms. The van der Waals surface area contributed by atoms with E-state index in [1.807, 2.05) is 19.1 Å². The number of carbonyl (C=O) groups excluding carboxylic acids is 3. The highest BCUT2D eigenvalue weighted by Gasteiger charge is 2.19. The standard InChI is InChI=1S/C22H20O7/c1-11-8-16-9-15-6-7-19(27-12(2)23)21(29-14(4)25)17(15)10-18(16)22(26-5)20(11)28-13(3)24/h6-10H,1-5H3. The van der Waals surface area contributed by atoms with Crippen LogP contribution in [-0.4, -0.2) is 25.0 Å². The Hall–Kier alpha value is -3.61. The number of ether oxygens (including phenoxy) is 4. The summed E-state index contributed by atoms with van der Waals surface area (Å²) >= 11 is 0. The van der Waals surface area contributed by atoms with Gasteiger partial charge in [-0.25, -0.2) is 0 Å². The summed E-state index contributed by atoms with van der Waals surface area (Å²) in [5.41, 5.74) is 0.737. The van der Waals surface area contributed by atoms with E-state index in [9.17, 15) is 14.4 Å². The van der Waals surface area contributed by atoms with Gasteiger partial charge in [-0.1, -0.05) is 6.07 Å². The van der Waals surface area contributed by atoms with Crippen LogP contribution < -0.4 is 18.9 Å². The van der Waals surface area contributed by atoms with Crippen molar-refractivity contribution >= 4 is 39.5 Å². The Kier molecular flexibility index (Phi) is 5.41. The minimum absolute atomic E-state index is 0.128. The maximum absolute atomic E-state index is 11.7. The molecule has 0 aliphatic carbocycles. The first kappa shape index (κ1) is 20.1. The maximum Gasteiger partial charge on any atom is 0.308 e. The fourth-order valence-electron chi connectivity index (χ4n) is 3.22. The second kappa shape index (κ2) is 7.79. The smallest absolute Gasteiger partial charge is 0.308 e. The number of fused-ring (bicyclic) bond motifs is 2. The van der Waals surface area contributed by atoms with Crippen LogP contribution in [0.5, 0.6) is 23.0 Å². The first-order valence-electron chi connectivity index (χ1n) is 8.84. The average molecular weight is 396 g/mol. The van der Waals surface area contributed by atoms with Crippen molar-refractivity contribution in [3.63, 3.8) is 0 Å². The third-order valence-corrected chi connectivity index (χ3v) is 4.23. The number of rotatable bonds is 4. The van der Waals surface area contributed by atoms with Crippen LogP contribution >= 0.6 is 0 Å². The van der Waals surface area contributed by atoms with Crippen LogP contribution in [0.3, 0.4) is 0 Å². The molecule has 0 aliphatic heterocycles. The average Bonchev–Trinajstić information content (AvgIpc) is 2.62.